The molecule has 1 aromatic carbocycles. The summed E-state index contributed by atoms with van der Waals surface area (Å²) in [5.41, 5.74) is 8.45. The van der Waals surface area contributed by atoms with E-state index < -0.39 is 0 Å². The molecule has 1 amide bonds. The Morgan fingerprint density at radius 3 is 2.65 bits per heavy atom. The van der Waals surface area contributed by atoms with Gasteiger partial charge in [-0.3, -0.25) is 9.78 Å². The highest BCUT2D eigenvalue weighted by molar-refractivity contribution is 9.10. The van der Waals surface area contributed by atoms with Crippen molar-refractivity contribution in [2.45, 2.75) is 37.1 Å². The van der Waals surface area contributed by atoms with E-state index in [4.69, 9.17) is 16.6 Å². The first kappa shape index (κ1) is 23.6. The van der Waals surface area contributed by atoms with Crippen LogP contribution in [0.3, 0.4) is 0 Å². The quantitative estimate of drug-likeness (QED) is 0.353. The zero-order valence-electron chi connectivity index (χ0n) is 19.0. The van der Waals surface area contributed by atoms with Gasteiger partial charge in [-0.05, 0) is 100 Å². The van der Waals surface area contributed by atoms with Crippen molar-refractivity contribution < 1.29 is 4.79 Å². The van der Waals surface area contributed by atoms with Crippen LogP contribution in [0.15, 0.2) is 63.9 Å². The number of aryl methyl sites for hydroxylation is 2. The van der Waals surface area contributed by atoms with Crippen LogP contribution in [-0.2, 0) is 24.1 Å². The third-order valence-corrected chi connectivity index (χ3v) is 7.92. The lowest BCUT2D eigenvalue weighted by molar-refractivity contribution is -0.130. The van der Waals surface area contributed by atoms with Crippen molar-refractivity contribution in [3.63, 3.8) is 0 Å². The second-order valence-electron chi connectivity index (χ2n) is 8.71. The smallest absolute Gasteiger partial charge is 0.227 e. The Kier molecular flexibility index (Phi) is 7.09. The lowest BCUT2D eigenvalue weighted by Crippen LogP contribution is -2.37. The van der Waals surface area contributed by atoms with Crippen molar-refractivity contribution in [2.75, 3.05) is 19.3 Å². The predicted molar refractivity (Wildman–Crippen MR) is 142 cm³/mol. The van der Waals surface area contributed by atoms with E-state index in [0.29, 0.717) is 6.42 Å². The summed E-state index contributed by atoms with van der Waals surface area (Å²) in [5.74, 6) is 0.179. The summed E-state index contributed by atoms with van der Waals surface area (Å²) < 4.78 is 1.00. The second kappa shape index (κ2) is 10.2. The molecule has 2 aromatic heterocycles. The van der Waals surface area contributed by atoms with E-state index in [2.05, 4.69) is 39.1 Å². The fourth-order valence-electron chi connectivity index (χ4n) is 4.90. The van der Waals surface area contributed by atoms with Gasteiger partial charge in [-0.1, -0.05) is 23.2 Å². The minimum Gasteiger partial charge on any atom is -0.342 e. The number of carbonyl (C=O) groups is 1. The summed E-state index contributed by atoms with van der Waals surface area (Å²) in [6, 6.07) is 12.3. The monoisotopic (exact) mass is 553 g/mol. The van der Waals surface area contributed by atoms with Crippen molar-refractivity contribution in [1.29, 1.82) is 0 Å². The topological polar surface area (TPSA) is 46.1 Å². The van der Waals surface area contributed by atoms with Gasteiger partial charge < -0.3 is 4.90 Å². The Morgan fingerprint density at radius 1 is 1.06 bits per heavy atom. The van der Waals surface area contributed by atoms with Crippen LogP contribution in [0.5, 0.6) is 0 Å². The molecule has 34 heavy (non-hydrogen) atoms. The zero-order chi connectivity index (χ0) is 23.7. The summed E-state index contributed by atoms with van der Waals surface area (Å²) in [6.45, 7) is 1.46. The first-order chi connectivity index (χ1) is 16.5. The Bertz CT molecular complexity index is 1230. The fourth-order valence-corrected chi connectivity index (χ4v) is 5.91. The van der Waals surface area contributed by atoms with Gasteiger partial charge in [0.1, 0.15) is 0 Å². The number of thioether (sulfide) groups is 1. The Morgan fingerprint density at radius 2 is 1.85 bits per heavy atom. The number of halogens is 2. The standard InChI is InChI=1S/C27H25BrClN3OS/c1-34-24-12-17(6-9-30-24)13-25(33)32-10-7-18(8-11-32)26-23-5-4-22(29)15-19(23)2-3-20-14-21(28)16-31-27(20)26/h4-6,9,12,14-16H,2-3,7-8,10-11,13H2,1H3. The number of likely N-dealkylation sites (tertiary alicyclic amines) is 1. The molecule has 1 aliphatic heterocycles. The molecule has 174 valence electrons. The fraction of sp³-hybridized carbons (Fsp3) is 0.296. The van der Waals surface area contributed by atoms with E-state index in [1.807, 2.05) is 35.6 Å². The largest absolute Gasteiger partial charge is 0.342 e. The van der Waals surface area contributed by atoms with Gasteiger partial charge in [0.2, 0.25) is 5.91 Å². The highest BCUT2D eigenvalue weighted by atomic mass is 79.9. The number of benzene rings is 1. The van der Waals surface area contributed by atoms with Crippen molar-refractivity contribution in [3.05, 3.63) is 91.8 Å². The van der Waals surface area contributed by atoms with Crippen LogP contribution in [0.25, 0.3) is 5.57 Å². The van der Waals surface area contributed by atoms with Crippen LogP contribution in [0.2, 0.25) is 5.02 Å². The summed E-state index contributed by atoms with van der Waals surface area (Å²) in [4.78, 5) is 24.2. The molecule has 0 N–H and O–H groups in total. The van der Waals surface area contributed by atoms with Crippen molar-refractivity contribution in [3.8, 4) is 0 Å². The molecule has 0 saturated carbocycles. The van der Waals surface area contributed by atoms with Gasteiger partial charge >= 0.3 is 0 Å². The summed E-state index contributed by atoms with van der Waals surface area (Å²) in [5, 5.41) is 1.71. The molecule has 1 saturated heterocycles. The van der Waals surface area contributed by atoms with Crippen LogP contribution in [0, 0.1) is 0 Å². The Balaban J connectivity index is 1.42. The van der Waals surface area contributed by atoms with Gasteiger partial charge in [-0.15, -0.1) is 11.8 Å². The van der Waals surface area contributed by atoms with E-state index in [-0.39, 0.29) is 5.91 Å². The van der Waals surface area contributed by atoms with E-state index in [9.17, 15) is 4.79 Å². The molecule has 1 fully saturated rings. The molecule has 0 atom stereocenters. The van der Waals surface area contributed by atoms with Crippen molar-refractivity contribution in [2.24, 2.45) is 0 Å². The van der Waals surface area contributed by atoms with Gasteiger partial charge in [0.15, 0.2) is 0 Å². The van der Waals surface area contributed by atoms with E-state index in [1.54, 1.807) is 18.0 Å². The number of amides is 1. The number of aromatic nitrogens is 2. The lowest BCUT2D eigenvalue weighted by atomic mass is 9.88. The van der Waals surface area contributed by atoms with Crippen LogP contribution in [0.4, 0.5) is 0 Å². The molecular formula is C27H25BrClN3OS. The highest BCUT2D eigenvalue weighted by Crippen LogP contribution is 2.39. The maximum absolute atomic E-state index is 13.0. The van der Waals surface area contributed by atoms with Crippen LogP contribution in [0.1, 0.15) is 40.8 Å². The molecule has 2 aliphatic rings. The minimum absolute atomic E-state index is 0.179. The Labute approximate surface area is 218 Å². The maximum Gasteiger partial charge on any atom is 0.227 e. The molecular weight excluding hydrogens is 530 g/mol. The first-order valence-electron chi connectivity index (χ1n) is 11.4. The van der Waals surface area contributed by atoms with Gasteiger partial charge in [-0.25, -0.2) is 4.98 Å². The van der Waals surface area contributed by atoms with Gasteiger partial charge in [0, 0.05) is 40.6 Å². The molecule has 3 heterocycles. The normalized spacial score (nSPS) is 15.6. The summed E-state index contributed by atoms with van der Waals surface area (Å²) in [6.07, 6.45) is 9.66. The SMILES string of the molecule is CSc1cc(CC(=O)N2CCC(=C3c4ccc(Cl)cc4CCc4cc(Br)cnc43)CC2)ccn1. The molecule has 0 radical (unpaired) electrons. The molecule has 5 rings (SSSR count). The third kappa shape index (κ3) is 4.95. The second-order valence-corrected chi connectivity index (χ2v) is 10.9. The number of hydrogen-bond acceptors (Lipinski definition) is 4. The minimum atomic E-state index is 0.179. The number of hydrogen-bond donors (Lipinski definition) is 0. The molecule has 1 aliphatic carbocycles. The lowest BCUT2D eigenvalue weighted by Gasteiger charge is -2.30. The van der Waals surface area contributed by atoms with Gasteiger partial charge in [0.05, 0.1) is 17.1 Å². The number of carbonyl (C=O) groups excluding carboxylic acids is 1. The summed E-state index contributed by atoms with van der Waals surface area (Å²) >= 11 is 11.5. The average Bonchev–Trinajstić information content (AvgIpc) is 3.00. The highest BCUT2D eigenvalue weighted by Gasteiger charge is 2.27. The molecule has 0 spiro atoms. The van der Waals surface area contributed by atoms with Crippen LogP contribution < -0.4 is 0 Å². The van der Waals surface area contributed by atoms with Crippen LogP contribution >= 0.6 is 39.3 Å². The van der Waals surface area contributed by atoms with Crippen molar-refractivity contribution in [1.82, 2.24) is 14.9 Å². The van der Waals surface area contributed by atoms with E-state index in [1.165, 1.54) is 27.8 Å². The predicted octanol–water partition coefficient (Wildman–Crippen LogP) is 6.38. The molecule has 0 bridgehead atoms. The van der Waals surface area contributed by atoms with Crippen molar-refractivity contribution >= 4 is 50.8 Å². The number of fused-ring (bicyclic) bond motifs is 2. The molecule has 4 nitrogen and oxygen atoms in total. The van der Waals surface area contributed by atoms with Crippen LogP contribution in [-0.4, -0.2) is 40.1 Å². The van der Waals surface area contributed by atoms with Gasteiger partial charge in [-0.2, -0.15) is 0 Å². The average molecular weight is 555 g/mol. The summed E-state index contributed by atoms with van der Waals surface area (Å²) in [7, 11) is 0. The molecule has 0 unspecified atom stereocenters. The number of pyridine rings is 2. The van der Waals surface area contributed by atoms with E-state index in [0.717, 1.165) is 64.6 Å². The Hall–Kier alpha value is -2.15. The first-order valence-corrected chi connectivity index (χ1v) is 13.8. The van der Waals surface area contributed by atoms with E-state index >= 15 is 0 Å². The third-order valence-electron chi connectivity index (χ3n) is 6.61. The molecule has 7 heteroatoms. The zero-order valence-corrected chi connectivity index (χ0v) is 22.1. The maximum atomic E-state index is 13.0. The number of nitrogens with zero attached hydrogens (tertiary/aromatic N) is 3. The number of piperidine rings is 1. The number of rotatable bonds is 3. The molecule has 3 aromatic rings. The van der Waals surface area contributed by atoms with Gasteiger partial charge in [0.25, 0.3) is 0 Å².